The van der Waals surface area contributed by atoms with E-state index in [1.807, 2.05) is 4.90 Å². The van der Waals surface area contributed by atoms with E-state index in [9.17, 15) is 4.79 Å². The second kappa shape index (κ2) is 7.32. The van der Waals surface area contributed by atoms with Crippen molar-refractivity contribution in [3.63, 3.8) is 0 Å². The minimum Gasteiger partial charge on any atom is -0.337 e. The number of amides is 2. The van der Waals surface area contributed by atoms with Gasteiger partial charge in [-0.3, -0.25) is 0 Å². The van der Waals surface area contributed by atoms with Crippen molar-refractivity contribution in [1.29, 1.82) is 0 Å². The second-order valence-corrected chi connectivity index (χ2v) is 7.19. The lowest BCUT2D eigenvalue weighted by Gasteiger charge is -2.28. The van der Waals surface area contributed by atoms with Gasteiger partial charge < -0.3 is 14.7 Å². The summed E-state index contributed by atoms with van der Waals surface area (Å²) < 4.78 is 5.43. The third-order valence-electron chi connectivity index (χ3n) is 4.75. The molecule has 2 aliphatic rings. The maximum absolute atomic E-state index is 12.6. The Labute approximate surface area is 138 Å². The number of nitrogens with zero attached hydrogens (tertiary/aromatic N) is 3. The Morgan fingerprint density at radius 2 is 1.83 bits per heavy atom. The monoisotopic (exact) mass is 320 g/mol. The van der Waals surface area contributed by atoms with E-state index in [2.05, 4.69) is 29.3 Å². The lowest BCUT2D eigenvalue weighted by atomic mass is 10.0. The number of aromatic nitrogens is 2. The topological polar surface area (TPSA) is 71.3 Å². The van der Waals surface area contributed by atoms with Crippen molar-refractivity contribution in [1.82, 2.24) is 20.4 Å². The fourth-order valence-corrected chi connectivity index (χ4v) is 3.07. The summed E-state index contributed by atoms with van der Waals surface area (Å²) in [5.74, 6) is 2.01. The van der Waals surface area contributed by atoms with E-state index in [0.29, 0.717) is 11.8 Å². The van der Waals surface area contributed by atoms with Crippen LogP contribution in [0, 0.1) is 5.92 Å². The highest BCUT2D eigenvalue weighted by molar-refractivity contribution is 5.74. The molecule has 2 amide bonds. The number of hydrogen-bond acceptors (Lipinski definition) is 4. The fourth-order valence-electron chi connectivity index (χ4n) is 3.07. The fraction of sp³-hybridized carbons (Fsp3) is 0.824. The Hall–Kier alpha value is -1.59. The summed E-state index contributed by atoms with van der Waals surface area (Å²) in [6, 6.07) is -0.218. The molecule has 0 radical (unpaired) electrons. The molecule has 6 heteroatoms. The van der Waals surface area contributed by atoms with Crippen LogP contribution in [0.15, 0.2) is 4.52 Å². The molecule has 128 valence electrons. The van der Waals surface area contributed by atoms with E-state index in [1.54, 1.807) is 0 Å². The Balaban J connectivity index is 1.64. The summed E-state index contributed by atoms with van der Waals surface area (Å²) in [7, 11) is 0. The molecule has 1 saturated heterocycles. The zero-order valence-corrected chi connectivity index (χ0v) is 14.3. The second-order valence-electron chi connectivity index (χ2n) is 7.19. The molecule has 1 saturated carbocycles. The summed E-state index contributed by atoms with van der Waals surface area (Å²) in [5.41, 5.74) is 0. The van der Waals surface area contributed by atoms with Crippen LogP contribution >= 0.6 is 0 Å². The van der Waals surface area contributed by atoms with E-state index < -0.39 is 0 Å². The van der Waals surface area contributed by atoms with Crippen molar-refractivity contribution in [3.8, 4) is 0 Å². The molecule has 23 heavy (non-hydrogen) atoms. The molecule has 1 aliphatic carbocycles. The SMILES string of the molecule is CC(C)C(NC(=O)N1CCCCCCC1)c1nc(C2CC2)no1. The zero-order valence-electron chi connectivity index (χ0n) is 14.3. The van der Waals surface area contributed by atoms with Gasteiger partial charge in [0.05, 0.1) is 0 Å². The highest BCUT2D eigenvalue weighted by Gasteiger charge is 2.32. The molecule has 1 N–H and O–H groups in total. The van der Waals surface area contributed by atoms with Gasteiger partial charge in [-0.2, -0.15) is 4.98 Å². The maximum Gasteiger partial charge on any atom is 0.318 e. The van der Waals surface area contributed by atoms with E-state index in [4.69, 9.17) is 4.52 Å². The molecule has 0 bridgehead atoms. The van der Waals surface area contributed by atoms with Gasteiger partial charge in [-0.05, 0) is 31.6 Å². The van der Waals surface area contributed by atoms with Crippen LogP contribution in [0.1, 0.15) is 82.5 Å². The van der Waals surface area contributed by atoms with E-state index >= 15 is 0 Å². The van der Waals surface area contributed by atoms with Crippen LogP contribution in [0.3, 0.4) is 0 Å². The number of rotatable bonds is 4. The molecule has 3 rings (SSSR count). The van der Waals surface area contributed by atoms with Crippen LogP contribution in [0.25, 0.3) is 0 Å². The minimum absolute atomic E-state index is 0.00299. The van der Waals surface area contributed by atoms with Gasteiger partial charge in [0.25, 0.3) is 0 Å². The van der Waals surface area contributed by atoms with E-state index in [1.165, 1.54) is 19.3 Å². The van der Waals surface area contributed by atoms with Crippen molar-refractivity contribution >= 4 is 6.03 Å². The average molecular weight is 320 g/mol. The first-order valence-corrected chi connectivity index (χ1v) is 9.04. The normalized spacial score (nSPS) is 20.9. The van der Waals surface area contributed by atoms with Crippen molar-refractivity contribution in [2.24, 2.45) is 5.92 Å². The lowest BCUT2D eigenvalue weighted by Crippen LogP contribution is -2.44. The van der Waals surface area contributed by atoms with Gasteiger partial charge in [0.1, 0.15) is 6.04 Å². The van der Waals surface area contributed by atoms with Crippen molar-refractivity contribution in [2.45, 2.75) is 70.8 Å². The molecule has 1 unspecified atom stereocenters. The molecule has 0 spiro atoms. The minimum atomic E-state index is -0.215. The number of carbonyl (C=O) groups is 1. The molecular weight excluding hydrogens is 292 g/mol. The highest BCUT2D eigenvalue weighted by atomic mass is 16.5. The molecule has 1 aliphatic heterocycles. The van der Waals surface area contributed by atoms with Gasteiger partial charge in [0.15, 0.2) is 5.82 Å². The number of carbonyl (C=O) groups excluding carboxylic acids is 1. The van der Waals surface area contributed by atoms with Crippen LogP contribution in [-0.4, -0.2) is 34.2 Å². The van der Waals surface area contributed by atoms with Crippen molar-refractivity contribution in [2.75, 3.05) is 13.1 Å². The Morgan fingerprint density at radius 3 is 2.43 bits per heavy atom. The summed E-state index contributed by atoms with van der Waals surface area (Å²) >= 11 is 0. The summed E-state index contributed by atoms with van der Waals surface area (Å²) in [5, 5.41) is 7.19. The number of nitrogens with one attached hydrogen (secondary N) is 1. The van der Waals surface area contributed by atoms with Crippen LogP contribution in [0.5, 0.6) is 0 Å². The van der Waals surface area contributed by atoms with Crippen LogP contribution < -0.4 is 5.32 Å². The highest BCUT2D eigenvalue weighted by Crippen LogP contribution is 2.38. The molecule has 0 aromatic carbocycles. The van der Waals surface area contributed by atoms with Gasteiger partial charge in [-0.1, -0.05) is 38.3 Å². The van der Waals surface area contributed by atoms with Crippen molar-refractivity contribution < 1.29 is 9.32 Å². The zero-order chi connectivity index (χ0) is 16.2. The van der Waals surface area contributed by atoms with E-state index in [-0.39, 0.29) is 18.0 Å². The van der Waals surface area contributed by atoms with Crippen LogP contribution in [0.4, 0.5) is 4.79 Å². The molecule has 1 aromatic rings. The van der Waals surface area contributed by atoms with Gasteiger partial charge in [0.2, 0.25) is 5.89 Å². The smallest absolute Gasteiger partial charge is 0.318 e. The standard InChI is InChI=1S/C17H28N4O2/c1-12(2)14(16-19-15(20-23-16)13-8-9-13)18-17(22)21-10-6-4-3-5-7-11-21/h12-14H,3-11H2,1-2H3,(H,18,22). The molecule has 1 atom stereocenters. The Kier molecular flexibility index (Phi) is 5.18. The molecular formula is C17H28N4O2. The van der Waals surface area contributed by atoms with Crippen molar-refractivity contribution in [3.05, 3.63) is 11.7 Å². The molecule has 1 aromatic heterocycles. The third kappa shape index (κ3) is 4.24. The van der Waals surface area contributed by atoms with Gasteiger partial charge in [-0.15, -0.1) is 0 Å². The van der Waals surface area contributed by atoms with Gasteiger partial charge in [0, 0.05) is 19.0 Å². The third-order valence-corrected chi connectivity index (χ3v) is 4.75. The molecule has 2 heterocycles. The first kappa shape index (κ1) is 16.3. The van der Waals surface area contributed by atoms with Crippen LogP contribution in [0.2, 0.25) is 0 Å². The summed E-state index contributed by atoms with van der Waals surface area (Å²) in [4.78, 5) is 19.1. The van der Waals surface area contributed by atoms with Gasteiger partial charge >= 0.3 is 6.03 Å². The predicted molar refractivity (Wildman–Crippen MR) is 87.0 cm³/mol. The Morgan fingerprint density at radius 1 is 1.17 bits per heavy atom. The first-order valence-electron chi connectivity index (χ1n) is 9.04. The maximum atomic E-state index is 12.6. The number of likely N-dealkylation sites (tertiary alicyclic amines) is 1. The Bertz CT molecular complexity index is 516. The number of hydrogen-bond donors (Lipinski definition) is 1. The number of urea groups is 1. The van der Waals surface area contributed by atoms with Crippen LogP contribution in [-0.2, 0) is 0 Å². The molecule has 2 fully saturated rings. The molecule has 6 nitrogen and oxygen atoms in total. The quantitative estimate of drug-likeness (QED) is 0.919. The predicted octanol–water partition coefficient (Wildman–Crippen LogP) is 3.62. The lowest BCUT2D eigenvalue weighted by molar-refractivity contribution is 0.179. The first-order chi connectivity index (χ1) is 11.1. The average Bonchev–Trinajstić information content (AvgIpc) is 3.22. The largest absolute Gasteiger partial charge is 0.337 e. The van der Waals surface area contributed by atoms with Gasteiger partial charge in [-0.25, -0.2) is 4.79 Å². The van der Waals surface area contributed by atoms with E-state index in [0.717, 1.165) is 44.6 Å². The summed E-state index contributed by atoms with van der Waals surface area (Å²) in [6.45, 7) is 5.82. The summed E-state index contributed by atoms with van der Waals surface area (Å²) in [6.07, 6.45) is 8.18.